The van der Waals surface area contributed by atoms with Gasteiger partial charge in [-0.2, -0.15) is 0 Å². The molecule has 0 bridgehead atoms. The number of halogens is 2. The maximum atomic E-state index is 13.4. The number of hydrogen-bond acceptors (Lipinski definition) is 2. The van der Waals surface area contributed by atoms with Gasteiger partial charge in [0, 0.05) is 44.7 Å². The van der Waals surface area contributed by atoms with Crippen molar-refractivity contribution in [2.45, 2.75) is 50.5 Å². The summed E-state index contributed by atoms with van der Waals surface area (Å²) in [7, 11) is 0. The Bertz CT molecular complexity index is 901. The predicted molar refractivity (Wildman–Crippen MR) is 106 cm³/mol. The average molecular weight is 398 g/mol. The van der Waals surface area contributed by atoms with Gasteiger partial charge in [-0.15, -0.1) is 0 Å². The van der Waals surface area contributed by atoms with E-state index in [1.54, 1.807) is 6.33 Å². The van der Waals surface area contributed by atoms with Crippen molar-refractivity contribution in [2.24, 2.45) is 5.92 Å². The molecule has 0 atom stereocenters. The van der Waals surface area contributed by atoms with E-state index in [9.17, 15) is 13.6 Å². The number of alkyl halides is 2. The lowest BCUT2D eigenvalue weighted by atomic mass is 9.85. The largest absolute Gasteiger partial charge is 0.362 e. The third-order valence-electron chi connectivity index (χ3n) is 6.16. The predicted octanol–water partition coefficient (Wildman–Crippen LogP) is 5.09. The van der Waals surface area contributed by atoms with Crippen LogP contribution in [0.2, 0.25) is 0 Å². The second-order valence-electron chi connectivity index (χ2n) is 7.99. The second kappa shape index (κ2) is 7.94. The van der Waals surface area contributed by atoms with Crippen LogP contribution in [0.4, 0.5) is 14.6 Å². The molecule has 4 rings (SSSR count). The van der Waals surface area contributed by atoms with Crippen LogP contribution >= 0.6 is 0 Å². The highest BCUT2D eigenvalue weighted by Gasteiger charge is 2.39. The van der Waals surface area contributed by atoms with Gasteiger partial charge in [0.05, 0.1) is 11.7 Å². The molecule has 0 spiro atoms. The highest BCUT2D eigenvalue weighted by Crippen LogP contribution is 2.38. The molecule has 1 aromatic heterocycles. The third kappa shape index (κ3) is 4.02. The van der Waals surface area contributed by atoms with Gasteiger partial charge in [-0.3, -0.25) is 9.36 Å². The maximum Gasteiger partial charge on any atom is 0.257 e. The number of hydrogen-bond donors (Lipinski definition) is 0. The van der Waals surface area contributed by atoms with Gasteiger partial charge in [0.15, 0.2) is 6.33 Å². The van der Waals surface area contributed by atoms with E-state index in [0.717, 1.165) is 18.4 Å². The van der Waals surface area contributed by atoms with Crippen LogP contribution in [0.25, 0.3) is 16.1 Å². The number of piperidine rings is 1. The Labute approximate surface area is 169 Å². The first-order valence-electron chi connectivity index (χ1n) is 10.1. The van der Waals surface area contributed by atoms with Crippen molar-refractivity contribution in [3.63, 3.8) is 0 Å². The summed E-state index contributed by atoms with van der Waals surface area (Å²) in [6.45, 7) is 8.80. The Hall–Kier alpha value is -2.75. The van der Waals surface area contributed by atoms with E-state index < -0.39 is 5.92 Å². The molecule has 2 fully saturated rings. The summed E-state index contributed by atoms with van der Waals surface area (Å²) >= 11 is 0. The van der Waals surface area contributed by atoms with Gasteiger partial charge in [-0.25, -0.2) is 13.8 Å². The molecule has 0 radical (unpaired) electrons. The van der Waals surface area contributed by atoms with E-state index in [-0.39, 0.29) is 43.6 Å². The van der Waals surface area contributed by atoms with Gasteiger partial charge in [0.1, 0.15) is 0 Å². The molecule has 1 saturated heterocycles. The minimum absolute atomic E-state index is 0.0139. The van der Waals surface area contributed by atoms with Crippen molar-refractivity contribution >= 4 is 11.7 Å². The van der Waals surface area contributed by atoms with E-state index >= 15 is 0 Å². The number of imidazole rings is 1. The van der Waals surface area contributed by atoms with E-state index in [2.05, 4.69) is 9.83 Å². The van der Waals surface area contributed by atoms with Crippen molar-refractivity contribution in [1.29, 1.82) is 0 Å². The lowest BCUT2D eigenvalue weighted by Gasteiger charge is -2.35. The Balaban J connectivity index is 1.41. The number of aromatic nitrogens is 2. The number of carbonyl (C=O) groups is 1. The quantitative estimate of drug-likeness (QED) is 0.676. The van der Waals surface area contributed by atoms with Gasteiger partial charge in [-0.1, -0.05) is 36.9 Å². The summed E-state index contributed by atoms with van der Waals surface area (Å²) in [5.41, 5.74) is 1.60. The zero-order valence-corrected chi connectivity index (χ0v) is 16.2. The van der Waals surface area contributed by atoms with Crippen LogP contribution in [0.3, 0.4) is 0 Å². The van der Waals surface area contributed by atoms with Crippen LogP contribution in [0.1, 0.15) is 44.6 Å². The summed E-state index contributed by atoms with van der Waals surface area (Å²) in [6.07, 6.45) is 3.37. The normalized spacial score (nSPS) is 20.4. The van der Waals surface area contributed by atoms with Crippen LogP contribution < -0.4 is 0 Å². The summed E-state index contributed by atoms with van der Waals surface area (Å²) in [4.78, 5) is 22.7. The van der Waals surface area contributed by atoms with E-state index in [1.165, 1.54) is 0 Å². The molecular weight excluding hydrogens is 374 g/mol. The molecular formula is C22H24F2N4O. The lowest BCUT2D eigenvalue weighted by molar-refractivity contribution is -0.141. The van der Waals surface area contributed by atoms with E-state index in [0.29, 0.717) is 24.6 Å². The summed E-state index contributed by atoms with van der Waals surface area (Å²) < 4.78 is 28.7. The van der Waals surface area contributed by atoms with Gasteiger partial charge in [0.25, 0.3) is 5.82 Å². The molecule has 1 aromatic carbocycles. The fraction of sp³-hybridized carbons (Fsp3) is 0.500. The number of benzene rings is 1. The first-order chi connectivity index (χ1) is 14.0. The van der Waals surface area contributed by atoms with Crippen LogP contribution in [0.5, 0.6) is 0 Å². The second-order valence-corrected chi connectivity index (χ2v) is 7.99. The fourth-order valence-corrected chi connectivity index (χ4v) is 4.44. The van der Waals surface area contributed by atoms with Crippen molar-refractivity contribution in [3.05, 3.63) is 48.1 Å². The maximum absolute atomic E-state index is 13.4. The van der Waals surface area contributed by atoms with E-state index in [1.807, 2.05) is 39.8 Å². The number of nitrogens with zero attached hydrogens (tertiary/aromatic N) is 4. The first kappa shape index (κ1) is 19.6. The topological polar surface area (TPSA) is 42.5 Å². The molecule has 1 aliphatic carbocycles. The molecule has 7 heteroatoms. The Morgan fingerprint density at radius 2 is 1.76 bits per heavy atom. The molecule has 29 heavy (non-hydrogen) atoms. The molecule has 0 unspecified atom stereocenters. The van der Waals surface area contributed by atoms with Crippen LogP contribution in [0, 0.1) is 12.5 Å². The van der Waals surface area contributed by atoms with Crippen LogP contribution in [-0.2, 0) is 4.79 Å². The molecule has 1 aliphatic heterocycles. The first-order valence-corrected chi connectivity index (χ1v) is 10.1. The molecule has 152 valence electrons. The standard InChI is InChI=1S/C22H24F2N4O/c1-25-20-19(16-5-3-2-4-6-16)26-15-28(20)18-9-13-27(14-10-18)21(29)17-7-11-22(23,24)12-8-17/h2-6,15,17-18H,7-14H2. The van der Waals surface area contributed by atoms with Crippen molar-refractivity contribution in [2.75, 3.05) is 13.1 Å². The summed E-state index contributed by atoms with van der Waals surface area (Å²) in [5.74, 6) is -2.35. The number of amides is 1. The number of carbonyl (C=O) groups excluding carboxylic acids is 1. The molecule has 2 heterocycles. The minimum atomic E-state index is -2.61. The Kier molecular flexibility index (Phi) is 5.35. The molecule has 5 nitrogen and oxygen atoms in total. The van der Waals surface area contributed by atoms with Crippen molar-refractivity contribution in [1.82, 2.24) is 14.5 Å². The monoisotopic (exact) mass is 398 g/mol. The number of rotatable bonds is 3. The Morgan fingerprint density at radius 1 is 1.10 bits per heavy atom. The Morgan fingerprint density at radius 3 is 2.38 bits per heavy atom. The molecule has 0 N–H and O–H groups in total. The van der Waals surface area contributed by atoms with Gasteiger partial charge in [-0.05, 0) is 18.4 Å². The average Bonchev–Trinajstić information content (AvgIpc) is 3.18. The zero-order chi connectivity index (χ0) is 20.4. The summed E-state index contributed by atoms with van der Waals surface area (Å²) in [6, 6.07) is 9.77. The third-order valence-corrected chi connectivity index (χ3v) is 6.16. The van der Waals surface area contributed by atoms with Gasteiger partial charge in [0.2, 0.25) is 11.8 Å². The molecule has 1 amide bonds. The summed E-state index contributed by atoms with van der Waals surface area (Å²) in [5, 5.41) is 0. The SMILES string of the molecule is [C-]#[N+]c1c(-c2ccccc2)ncn1C1CCN(C(=O)C2CCC(F)(F)CC2)CC1. The van der Waals surface area contributed by atoms with Gasteiger partial charge >= 0.3 is 0 Å². The van der Waals surface area contributed by atoms with Crippen molar-refractivity contribution < 1.29 is 13.6 Å². The van der Waals surface area contributed by atoms with Crippen LogP contribution in [-0.4, -0.2) is 39.4 Å². The highest BCUT2D eigenvalue weighted by atomic mass is 19.3. The molecule has 1 saturated carbocycles. The molecule has 2 aliphatic rings. The lowest BCUT2D eigenvalue weighted by Crippen LogP contribution is -2.43. The zero-order valence-electron chi connectivity index (χ0n) is 16.2. The van der Waals surface area contributed by atoms with Gasteiger partial charge < -0.3 is 9.74 Å². The smallest absolute Gasteiger partial charge is 0.257 e. The number of likely N-dealkylation sites (tertiary alicyclic amines) is 1. The minimum Gasteiger partial charge on any atom is -0.362 e. The molecule has 2 aromatic rings. The van der Waals surface area contributed by atoms with E-state index in [4.69, 9.17) is 6.57 Å². The fourth-order valence-electron chi connectivity index (χ4n) is 4.44. The van der Waals surface area contributed by atoms with Crippen LogP contribution in [0.15, 0.2) is 36.7 Å². The van der Waals surface area contributed by atoms with Crippen molar-refractivity contribution in [3.8, 4) is 11.3 Å². The highest BCUT2D eigenvalue weighted by molar-refractivity contribution is 5.79.